The second-order valence-electron chi connectivity index (χ2n) is 7.21. The van der Waals surface area contributed by atoms with Crippen molar-refractivity contribution >= 4 is 54.3 Å². The lowest BCUT2D eigenvalue weighted by atomic mass is 10.1. The van der Waals surface area contributed by atoms with Crippen molar-refractivity contribution in [2.24, 2.45) is 0 Å². The van der Waals surface area contributed by atoms with E-state index in [2.05, 4.69) is 59.5 Å². The predicted molar refractivity (Wildman–Crippen MR) is 119 cm³/mol. The Morgan fingerprint density at radius 1 is 1.36 bits per heavy atom. The van der Waals surface area contributed by atoms with Crippen LogP contribution in [0, 0.1) is 0 Å². The minimum Gasteiger partial charge on any atom is -0.368 e. The Balaban J connectivity index is 1.69. The van der Waals surface area contributed by atoms with Gasteiger partial charge in [-0.25, -0.2) is 15.0 Å². The maximum Gasteiger partial charge on any atom is 0.221 e. The Bertz CT molecular complexity index is 1170. The molecule has 1 atom stereocenters. The summed E-state index contributed by atoms with van der Waals surface area (Å²) in [5, 5.41) is 3.17. The van der Waals surface area contributed by atoms with Crippen LogP contribution in [0.4, 0.5) is 5.95 Å². The molecular weight excluding hydrogens is 436 g/mol. The molecule has 1 fully saturated rings. The van der Waals surface area contributed by atoms with Crippen molar-refractivity contribution in [3.63, 3.8) is 0 Å². The summed E-state index contributed by atoms with van der Waals surface area (Å²) in [5.41, 5.74) is 10.0. The molecule has 6 nitrogen and oxygen atoms in total. The van der Waals surface area contributed by atoms with Gasteiger partial charge in [0.2, 0.25) is 5.95 Å². The van der Waals surface area contributed by atoms with Crippen molar-refractivity contribution in [1.82, 2.24) is 24.4 Å². The molecule has 4 aromatic rings. The summed E-state index contributed by atoms with van der Waals surface area (Å²) in [4.78, 5) is 16.0. The van der Waals surface area contributed by atoms with Gasteiger partial charge in [0, 0.05) is 29.7 Å². The second-order valence-corrected chi connectivity index (χ2v) is 8.94. The topological polar surface area (TPSA) is 72.9 Å². The van der Waals surface area contributed by atoms with Gasteiger partial charge in [0.15, 0.2) is 0 Å². The fourth-order valence-electron chi connectivity index (χ4n) is 4.31. The lowest BCUT2D eigenvalue weighted by molar-refractivity contribution is 0.246. The van der Waals surface area contributed by atoms with E-state index < -0.39 is 0 Å². The molecule has 0 aliphatic carbocycles. The zero-order chi connectivity index (χ0) is 19.3. The number of nitrogens with zero attached hydrogens (tertiary/aromatic N) is 5. The number of rotatable bonds is 4. The molecule has 1 saturated heterocycles. The van der Waals surface area contributed by atoms with Crippen molar-refractivity contribution in [2.75, 3.05) is 18.8 Å². The lowest BCUT2D eigenvalue weighted by Gasteiger charge is -2.23. The number of hydrogen-bond acceptors (Lipinski definition) is 6. The number of likely N-dealkylation sites (tertiary alicyclic amines) is 1. The van der Waals surface area contributed by atoms with Crippen LogP contribution in [0.5, 0.6) is 0 Å². The van der Waals surface area contributed by atoms with Crippen molar-refractivity contribution in [2.45, 2.75) is 32.4 Å². The lowest BCUT2D eigenvalue weighted by Crippen LogP contribution is -2.32. The van der Waals surface area contributed by atoms with Crippen molar-refractivity contribution in [3.05, 3.63) is 34.5 Å². The van der Waals surface area contributed by atoms with Gasteiger partial charge in [0.25, 0.3) is 0 Å². The molecule has 1 aliphatic heterocycles. The van der Waals surface area contributed by atoms with Crippen molar-refractivity contribution < 1.29 is 0 Å². The number of likely N-dealkylation sites (N-methyl/N-ethyl adjacent to an activating group) is 1. The molecule has 0 spiro atoms. The van der Waals surface area contributed by atoms with Gasteiger partial charge >= 0.3 is 0 Å². The summed E-state index contributed by atoms with van der Waals surface area (Å²) in [6.07, 6.45) is 6.67. The van der Waals surface area contributed by atoms with Crippen LogP contribution >= 0.6 is 27.3 Å². The number of thiophene rings is 1. The second kappa shape index (κ2) is 7.09. The summed E-state index contributed by atoms with van der Waals surface area (Å²) in [6, 6.07) is 4.63. The molecule has 2 N–H and O–H groups in total. The third-order valence-corrected chi connectivity index (χ3v) is 6.97. The SMILES string of the molecule is CCN1CCCC1Cn1cc(-c2nc(N)nc3ccsc23)c2cc(Br)ncc21. The zero-order valence-corrected chi connectivity index (χ0v) is 18.0. The molecule has 144 valence electrons. The Morgan fingerprint density at radius 2 is 2.25 bits per heavy atom. The van der Waals surface area contributed by atoms with Crippen LogP contribution in [-0.4, -0.2) is 43.6 Å². The van der Waals surface area contributed by atoms with Crippen LogP contribution in [0.25, 0.3) is 32.4 Å². The van der Waals surface area contributed by atoms with Crippen LogP contribution in [0.2, 0.25) is 0 Å². The van der Waals surface area contributed by atoms with Gasteiger partial charge in [-0.1, -0.05) is 6.92 Å². The van der Waals surface area contributed by atoms with E-state index in [1.165, 1.54) is 19.4 Å². The van der Waals surface area contributed by atoms with E-state index in [-0.39, 0.29) is 0 Å². The minimum atomic E-state index is 0.308. The number of hydrogen-bond donors (Lipinski definition) is 1. The number of anilines is 1. The van der Waals surface area contributed by atoms with Crippen LogP contribution < -0.4 is 5.73 Å². The Kier molecular flexibility index (Phi) is 4.57. The normalized spacial score (nSPS) is 17.9. The largest absolute Gasteiger partial charge is 0.368 e. The van der Waals surface area contributed by atoms with E-state index in [1.807, 2.05) is 17.6 Å². The first kappa shape index (κ1) is 18.0. The molecule has 1 unspecified atom stereocenters. The number of nitrogens with two attached hydrogens (primary N) is 1. The average Bonchev–Trinajstić information content (AvgIpc) is 3.40. The number of fused-ring (bicyclic) bond motifs is 2. The molecule has 5 heterocycles. The van der Waals surface area contributed by atoms with Crippen LogP contribution in [0.15, 0.2) is 34.5 Å². The molecule has 5 rings (SSSR count). The quantitative estimate of drug-likeness (QED) is 0.456. The Hall–Kier alpha value is -2.03. The maximum atomic E-state index is 6.02. The molecular formula is C20H21BrN6S. The smallest absolute Gasteiger partial charge is 0.221 e. The summed E-state index contributed by atoms with van der Waals surface area (Å²) in [7, 11) is 0. The van der Waals surface area contributed by atoms with Crippen LogP contribution in [-0.2, 0) is 6.54 Å². The first-order valence-corrected chi connectivity index (χ1v) is 11.2. The Labute approximate surface area is 175 Å². The van der Waals surface area contributed by atoms with E-state index in [9.17, 15) is 0 Å². The van der Waals surface area contributed by atoms with E-state index in [0.717, 1.165) is 50.1 Å². The number of halogens is 1. The van der Waals surface area contributed by atoms with E-state index in [4.69, 9.17) is 5.73 Å². The van der Waals surface area contributed by atoms with Gasteiger partial charge < -0.3 is 10.3 Å². The Morgan fingerprint density at radius 3 is 3.11 bits per heavy atom. The maximum absolute atomic E-state index is 6.02. The molecule has 1 aliphatic rings. The molecule has 0 amide bonds. The van der Waals surface area contributed by atoms with Crippen LogP contribution in [0.3, 0.4) is 0 Å². The molecule has 8 heteroatoms. The molecule has 0 aromatic carbocycles. The fourth-order valence-corrected chi connectivity index (χ4v) is 5.48. The van der Waals surface area contributed by atoms with Crippen molar-refractivity contribution in [1.29, 1.82) is 0 Å². The molecule has 28 heavy (non-hydrogen) atoms. The number of nitrogen functional groups attached to an aromatic ring is 1. The molecule has 4 aromatic heterocycles. The highest BCUT2D eigenvalue weighted by atomic mass is 79.9. The molecule has 0 saturated carbocycles. The van der Waals surface area contributed by atoms with E-state index in [0.29, 0.717) is 12.0 Å². The molecule has 0 bridgehead atoms. The summed E-state index contributed by atoms with van der Waals surface area (Å²) < 4.78 is 4.22. The van der Waals surface area contributed by atoms with E-state index in [1.54, 1.807) is 11.3 Å². The van der Waals surface area contributed by atoms with Gasteiger partial charge in [-0.2, -0.15) is 0 Å². The third-order valence-electron chi connectivity index (χ3n) is 5.62. The fraction of sp³-hybridized carbons (Fsp3) is 0.350. The molecule has 0 radical (unpaired) electrons. The van der Waals surface area contributed by atoms with Crippen LogP contribution in [0.1, 0.15) is 19.8 Å². The standard InChI is InChI=1S/C20H21BrN6S/c1-2-26-6-3-4-12(26)10-27-11-14(13-8-17(21)23-9-16(13)27)18-19-15(5-7-28-19)24-20(22)25-18/h5,7-9,11-12H,2-4,6,10H2,1H3,(H2,22,24,25). The van der Waals surface area contributed by atoms with Gasteiger partial charge in [-0.05, 0) is 59.4 Å². The number of aromatic nitrogens is 4. The van der Waals surface area contributed by atoms with Gasteiger partial charge in [-0.3, -0.25) is 4.90 Å². The monoisotopic (exact) mass is 456 g/mol. The summed E-state index contributed by atoms with van der Waals surface area (Å²) in [5.74, 6) is 0.308. The van der Waals surface area contributed by atoms with Crippen molar-refractivity contribution in [3.8, 4) is 11.3 Å². The summed E-state index contributed by atoms with van der Waals surface area (Å²) in [6.45, 7) is 5.49. The zero-order valence-electron chi connectivity index (χ0n) is 15.6. The van der Waals surface area contributed by atoms with Gasteiger partial charge in [-0.15, -0.1) is 11.3 Å². The first-order valence-electron chi connectivity index (χ1n) is 9.53. The number of pyridine rings is 1. The van der Waals surface area contributed by atoms with Gasteiger partial charge in [0.1, 0.15) is 4.60 Å². The van der Waals surface area contributed by atoms with Gasteiger partial charge in [0.05, 0.1) is 27.6 Å². The minimum absolute atomic E-state index is 0.308. The first-order chi connectivity index (χ1) is 13.6. The summed E-state index contributed by atoms with van der Waals surface area (Å²) >= 11 is 5.18. The third kappa shape index (κ3) is 3.00. The highest BCUT2D eigenvalue weighted by Crippen LogP contribution is 2.37. The predicted octanol–water partition coefficient (Wildman–Crippen LogP) is 4.54. The van der Waals surface area contributed by atoms with E-state index >= 15 is 0 Å². The average molecular weight is 457 g/mol. The highest BCUT2D eigenvalue weighted by molar-refractivity contribution is 9.10. The highest BCUT2D eigenvalue weighted by Gasteiger charge is 2.25.